The summed E-state index contributed by atoms with van der Waals surface area (Å²) < 4.78 is 0. The second kappa shape index (κ2) is 4.37. The number of carbonyl (C=O) groups is 1. The highest BCUT2D eigenvalue weighted by Gasteiger charge is 2.25. The SMILES string of the molecule is Cc1c(C(O)O)cc(Cl)c2c1C(=O)CCS2. The van der Waals surface area contributed by atoms with E-state index in [1.807, 2.05) is 0 Å². The van der Waals surface area contributed by atoms with Gasteiger partial charge in [0.1, 0.15) is 0 Å². The molecule has 1 aromatic rings. The maximum Gasteiger partial charge on any atom is 0.178 e. The molecule has 3 nitrogen and oxygen atoms in total. The third-order valence-corrected chi connectivity index (χ3v) is 4.20. The molecule has 0 saturated heterocycles. The minimum Gasteiger partial charge on any atom is -0.364 e. The molecule has 0 atom stereocenters. The minimum absolute atomic E-state index is 0.0238. The molecular weight excluding hydrogens is 248 g/mol. The van der Waals surface area contributed by atoms with E-state index in [4.69, 9.17) is 11.6 Å². The first-order valence-corrected chi connectivity index (χ1v) is 6.24. The maximum atomic E-state index is 11.8. The summed E-state index contributed by atoms with van der Waals surface area (Å²) in [4.78, 5) is 12.6. The average molecular weight is 259 g/mol. The zero-order valence-electron chi connectivity index (χ0n) is 8.66. The lowest BCUT2D eigenvalue weighted by Crippen LogP contribution is -2.13. The van der Waals surface area contributed by atoms with Crippen LogP contribution in [-0.4, -0.2) is 21.7 Å². The Balaban J connectivity index is 2.69. The van der Waals surface area contributed by atoms with Crippen LogP contribution < -0.4 is 0 Å². The highest BCUT2D eigenvalue weighted by Crippen LogP contribution is 2.40. The molecule has 1 aromatic carbocycles. The van der Waals surface area contributed by atoms with Crippen LogP contribution in [0, 0.1) is 6.92 Å². The van der Waals surface area contributed by atoms with Crippen LogP contribution >= 0.6 is 23.4 Å². The van der Waals surface area contributed by atoms with Crippen LogP contribution in [0.3, 0.4) is 0 Å². The van der Waals surface area contributed by atoms with E-state index in [0.29, 0.717) is 28.1 Å². The number of halogens is 1. The molecule has 1 aliphatic rings. The van der Waals surface area contributed by atoms with E-state index >= 15 is 0 Å². The number of thioether (sulfide) groups is 1. The third-order valence-electron chi connectivity index (χ3n) is 2.67. The van der Waals surface area contributed by atoms with Crippen molar-refractivity contribution in [1.29, 1.82) is 0 Å². The number of fused-ring (bicyclic) bond motifs is 1. The lowest BCUT2D eigenvalue weighted by molar-refractivity contribution is -0.0429. The maximum absolute atomic E-state index is 11.8. The molecule has 0 saturated carbocycles. The van der Waals surface area contributed by atoms with Crippen molar-refractivity contribution in [2.24, 2.45) is 0 Å². The Morgan fingerprint density at radius 3 is 2.81 bits per heavy atom. The number of carbonyl (C=O) groups excluding carboxylic acids is 1. The van der Waals surface area contributed by atoms with Crippen molar-refractivity contribution in [1.82, 2.24) is 0 Å². The largest absolute Gasteiger partial charge is 0.364 e. The van der Waals surface area contributed by atoms with Crippen LogP contribution in [0.1, 0.15) is 34.2 Å². The van der Waals surface area contributed by atoms with Crippen molar-refractivity contribution < 1.29 is 15.0 Å². The molecule has 2 N–H and O–H groups in total. The van der Waals surface area contributed by atoms with Crippen LogP contribution in [0.4, 0.5) is 0 Å². The summed E-state index contributed by atoms with van der Waals surface area (Å²) in [7, 11) is 0. The highest BCUT2D eigenvalue weighted by atomic mass is 35.5. The summed E-state index contributed by atoms with van der Waals surface area (Å²) in [6, 6.07) is 1.52. The van der Waals surface area contributed by atoms with E-state index in [-0.39, 0.29) is 5.78 Å². The van der Waals surface area contributed by atoms with Gasteiger partial charge >= 0.3 is 0 Å². The third kappa shape index (κ3) is 1.86. The van der Waals surface area contributed by atoms with Gasteiger partial charge in [-0.1, -0.05) is 11.6 Å². The minimum atomic E-state index is -1.59. The second-order valence-electron chi connectivity index (χ2n) is 3.67. The van der Waals surface area contributed by atoms with E-state index < -0.39 is 6.29 Å². The summed E-state index contributed by atoms with van der Waals surface area (Å²) in [6.07, 6.45) is -1.12. The lowest BCUT2D eigenvalue weighted by atomic mass is 9.97. The van der Waals surface area contributed by atoms with Crippen LogP contribution in [0.2, 0.25) is 5.02 Å². The summed E-state index contributed by atoms with van der Waals surface area (Å²) in [5.41, 5.74) is 1.47. The molecule has 16 heavy (non-hydrogen) atoms. The Morgan fingerprint density at radius 2 is 2.19 bits per heavy atom. The van der Waals surface area contributed by atoms with E-state index in [2.05, 4.69) is 0 Å². The molecule has 0 fully saturated rings. The highest BCUT2D eigenvalue weighted by molar-refractivity contribution is 7.99. The fourth-order valence-electron chi connectivity index (χ4n) is 1.86. The van der Waals surface area contributed by atoms with Gasteiger partial charge in [0.25, 0.3) is 0 Å². The van der Waals surface area contributed by atoms with E-state index in [1.165, 1.54) is 17.8 Å². The topological polar surface area (TPSA) is 57.5 Å². The quantitative estimate of drug-likeness (QED) is 0.759. The fraction of sp³-hybridized carbons (Fsp3) is 0.364. The second-order valence-corrected chi connectivity index (χ2v) is 5.18. The Morgan fingerprint density at radius 1 is 1.50 bits per heavy atom. The lowest BCUT2D eigenvalue weighted by Gasteiger charge is -2.21. The number of aliphatic hydroxyl groups excluding tert-OH is 1. The number of rotatable bonds is 1. The fourth-order valence-corrected chi connectivity index (χ4v) is 3.34. The first-order valence-electron chi connectivity index (χ1n) is 4.87. The number of Topliss-reactive ketones (excluding diaryl/α,β-unsaturated/α-hetero) is 1. The van der Waals surface area contributed by atoms with Gasteiger partial charge < -0.3 is 10.2 Å². The van der Waals surface area contributed by atoms with E-state index in [9.17, 15) is 15.0 Å². The predicted octanol–water partition coefficient (Wildman–Crippen LogP) is 2.31. The Bertz CT molecular complexity index is 457. The summed E-state index contributed by atoms with van der Waals surface area (Å²) in [5, 5.41) is 18.8. The zero-order chi connectivity index (χ0) is 11.9. The first kappa shape index (κ1) is 11.9. The van der Waals surface area contributed by atoms with Gasteiger partial charge in [0.05, 0.1) is 5.02 Å². The normalized spacial score (nSPS) is 15.4. The van der Waals surface area contributed by atoms with Gasteiger partial charge in [-0.3, -0.25) is 4.79 Å². The molecule has 0 spiro atoms. The first-order chi connectivity index (χ1) is 7.52. The van der Waals surface area contributed by atoms with Crippen LogP contribution in [-0.2, 0) is 0 Å². The molecule has 0 aromatic heterocycles. The molecule has 86 valence electrons. The molecule has 5 heteroatoms. The summed E-state index contributed by atoms with van der Waals surface area (Å²) in [5.74, 6) is 0.752. The van der Waals surface area contributed by atoms with Gasteiger partial charge in [-0.25, -0.2) is 0 Å². The molecule has 1 aliphatic heterocycles. The van der Waals surface area contributed by atoms with Crippen LogP contribution in [0.5, 0.6) is 0 Å². The number of ketones is 1. The van der Waals surface area contributed by atoms with Crippen molar-refractivity contribution >= 4 is 29.1 Å². The van der Waals surface area contributed by atoms with Gasteiger partial charge in [-0.05, 0) is 18.6 Å². The van der Waals surface area contributed by atoms with Crippen molar-refractivity contribution in [2.75, 3.05) is 5.75 Å². The van der Waals surface area contributed by atoms with Gasteiger partial charge in [-0.15, -0.1) is 11.8 Å². The standard InChI is InChI=1S/C11H11ClO3S/c1-5-6(11(14)15)4-7(12)10-9(5)8(13)2-3-16-10/h4,11,14-15H,2-3H2,1H3. The molecule has 0 unspecified atom stereocenters. The molecule has 0 aliphatic carbocycles. The van der Waals surface area contributed by atoms with Gasteiger partial charge in [0.2, 0.25) is 0 Å². The summed E-state index contributed by atoms with van der Waals surface area (Å²) >= 11 is 7.57. The number of benzene rings is 1. The molecule has 0 amide bonds. The van der Waals surface area contributed by atoms with Crippen molar-refractivity contribution in [2.45, 2.75) is 24.5 Å². The average Bonchev–Trinajstić information content (AvgIpc) is 2.22. The molecule has 2 rings (SSSR count). The van der Waals surface area contributed by atoms with Crippen LogP contribution in [0.15, 0.2) is 11.0 Å². The van der Waals surface area contributed by atoms with Crippen LogP contribution in [0.25, 0.3) is 0 Å². The van der Waals surface area contributed by atoms with Crippen molar-refractivity contribution in [3.63, 3.8) is 0 Å². The monoisotopic (exact) mass is 258 g/mol. The van der Waals surface area contributed by atoms with E-state index in [0.717, 1.165) is 10.6 Å². The molecule has 0 radical (unpaired) electrons. The predicted molar refractivity (Wildman–Crippen MR) is 63.0 cm³/mol. The summed E-state index contributed by atoms with van der Waals surface area (Å²) in [6.45, 7) is 1.72. The molecule has 1 heterocycles. The molecule has 0 bridgehead atoms. The Kier molecular flexibility index (Phi) is 3.26. The van der Waals surface area contributed by atoms with Gasteiger partial charge in [-0.2, -0.15) is 0 Å². The smallest absolute Gasteiger partial charge is 0.178 e. The van der Waals surface area contributed by atoms with Gasteiger partial charge in [0, 0.05) is 28.2 Å². The van der Waals surface area contributed by atoms with Crippen molar-refractivity contribution in [3.05, 3.63) is 27.8 Å². The zero-order valence-corrected chi connectivity index (χ0v) is 10.2. The Hall–Kier alpha value is -0.550. The number of aliphatic hydroxyl groups is 2. The molecular formula is C11H11ClO3S. The van der Waals surface area contributed by atoms with Gasteiger partial charge in [0.15, 0.2) is 12.1 Å². The number of hydrogen-bond acceptors (Lipinski definition) is 4. The van der Waals surface area contributed by atoms with E-state index in [1.54, 1.807) is 6.92 Å². The van der Waals surface area contributed by atoms with Crippen molar-refractivity contribution in [3.8, 4) is 0 Å². The Labute approximate surface area is 102 Å². The number of hydrogen-bond donors (Lipinski definition) is 2.